The third-order valence-electron chi connectivity index (χ3n) is 0.746. The maximum Gasteiger partial charge on any atom is 0.255 e. The molecule has 42 valence electrons. The second-order valence-electron chi connectivity index (χ2n) is 1.34. The molecular weight excluding hydrogens is 106 g/mol. The average molecular weight is 111 g/mol. The summed E-state index contributed by atoms with van der Waals surface area (Å²) in [5.74, 6) is 0.688. The molecule has 0 saturated heterocycles. The first kappa shape index (κ1) is 4.90. The van der Waals surface area contributed by atoms with Gasteiger partial charge in [0, 0.05) is 6.08 Å². The van der Waals surface area contributed by atoms with Crippen LogP contribution in [0.4, 0.5) is 0 Å². The number of hydrogen-bond donors (Lipinski definition) is 1. The van der Waals surface area contributed by atoms with Crippen LogP contribution in [-0.4, -0.2) is 11.1 Å². The Hall–Kier alpha value is -1.25. The molecule has 1 N–H and O–H groups in total. The van der Waals surface area contributed by atoms with E-state index >= 15 is 0 Å². The Labute approximate surface area is 46.6 Å². The van der Waals surface area contributed by atoms with E-state index in [1.807, 2.05) is 0 Å². The Morgan fingerprint density at radius 2 is 2.38 bits per heavy atom. The molecule has 0 bridgehead atoms. The number of hydrogen-bond acceptors (Lipinski definition) is 3. The van der Waals surface area contributed by atoms with E-state index in [4.69, 9.17) is 9.94 Å². The van der Waals surface area contributed by atoms with Crippen molar-refractivity contribution >= 4 is 5.90 Å². The fourth-order valence-electron chi connectivity index (χ4n) is 0.420. The molecular formula is C5H5NO2. The molecule has 0 fully saturated rings. The van der Waals surface area contributed by atoms with Crippen LogP contribution in [0.15, 0.2) is 29.6 Å². The Morgan fingerprint density at radius 1 is 1.62 bits per heavy atom. The molecule has 0 radical (unpaired) electrons. The molecule has 1 aliphatic heterocycles. The number of nitrogens with zero attached hydrogens (tertiary/aromatic N) is 1. The molecule has 0 unspecified atom stereocenters. The van der Waals surface area contributed by atoms with Crippen molar-refractivity contribution in [2.45, 2.75) is 0 Å². The van der Waals surface area contributed by atoms with Crippen LogP contribution in [0.2, 0.25) is 0 Å². The van der Waals surface area contributed by atoms with E-state index in [9.17, 15) is 0 Å². The van der Waals surface area contributed by atoms with Gasteiger partial charge in [0.2, 0.25) is 0 Å². The molecule has 8 heavy (non-hydrogen) atoms. The average Bonchev–Trinajstić information content (AvgIpc) is 2.14. The van der Waals surface area contributed by atoms with Crippen LogP contribution in [-0.2, 0) is 4.74 Å². The van der Waals surface area contributed by atoms with Crippen molar-refractivity contribution in [3.63, 3.8) is 0 Å². The summed E-state index contributed by atoms with van der Waals surface area (Å²) in [6, 6.07) is 0. The van der Waals surface area contributed by atoms with Crippen LogP contribution in [0.25, 0.3) is 0 Å². The smallest absolute Gasteiger partial charge is 0.255 e. The fraction of sp³-hybridized carbons (Fsp3) is 0. The van der Waals surface area contributed by atoms with Gasteiger partial charge in [-0.05, 0) is 11.2 Å². The van der Waals surface area contributed by atoms with Crippen LogP contribution in [0.5, 0.6) is 0 Å². The van der Waals surface area contributed by atoms with E-state index in [1.165, 1.54) is 6.08 Å². The van der Waals surface area contributed by atoms with E-state index in [0.717, 1.165) is 0 Å². The lowest BCUT2D eigenvalue weighted by Crippen LogP contribution is -1.90. The summed E-state index contributed by atoms with van der Waals surface area (Å²) in [7, 11) is 0. The fourth-order valence-corrected chi connectivity index (χ4v) is 0.420. The van der Waals surface area contributed by atoms with E-state index in [-0.39, 0.29) is 5.90 Å². The van der Waals surface area contributed by atoms with E-state index in [1.54, 1.807) is 6.08 Å². The minimum Gasteiger partial charge on any atom is -0.437 e. The van der Waals surface area contributed by atoms with Crippen molar-refractivity contribution in [1.29, 1.82) is 0 Å². The normalized spacial score (nSPS) is 22.0. The van der Waals surface area contributed by atoms with Crippen molar-refractivity contribution in [1.82, 2.24) is 0 Å². The van der Waals surface area contributed by atoms with E-state index < -0.39 is 0 Å². The lowest BCUT2D eigenvalue weighted by atomic mass is 10.5. The molecule has 0 aliphatic carbocycles. The maximum absolute atomic E-state index is 8.05. The second-order valence-corrected chi connectivity index (χ2v) is 1.34. The number of ether oxygens (including phenoxy) is 1. The van der Waals surface area contributed by atoms with Gasteiger partial charge < -0.3 is 9.94 Å². The third-order valence-corrected chi connectivity index (χ3v) is 0.746. The highest BCUT2D eigenvalue weighted by Gasteiger charge is 2.03. The number of oxime groups is 1. The minimum atomic E-state index is 0.190. The largest absolute Gasteiger partial charge is 0.437 e. The monoisotopic (exact) mass is 111 g/mol. The zero-order chi connectivity index (χ0) is 5.98. The SMILES string of the molecule is C=C1C=C/C(=N\O)O1. The highest BCUT2D eigenvalue weighted by molar-refractivity contribution is 5.91. The summed E-state index contributed by atoms with van der Waals surface area (Å²) >= 11 is 0. The van der Waals surface area contributed by atoms with Crippen molar-refractivity contribution in [3.05, 3.63) is 24.5 Å². The number of rotatable bonds is 0. The molecule has 0 saturated carbocycles. The molecule has 0 amide bonds. The number of allylic oxidation sites excluding steroid dienone is 1. The maximum atomic E-state index is 8.05. The molecule has 0 aromatic carbocycles. The van der Waals surface area contributed by atoms with Gasteiger partial charge in [-0.25, -0.2) is 0 Å². The van der Waals surface area contributed by atoms with Crippen LogP contribution in [0.1, 0.15) is 0 Å². The molecule has 3 nitrogen and oxygen atoms in total. The minimum absolute atomic E-state index is 0.190. The van der Waals surface area contributed by atoms with Gasteiger partial charge in [-0.15, -0.1) is 0 Å². The summed E-state index contributed by atoms with van der Waals surface area (Å²) in [4.78, 5) is 0. The third kappa shape index (κ3) is 0.703. The van der Waals surface area contributed by atoms with Gasteiger partial charge in [0.1, 0.15) is 5.76 Å². The Balaban J connectivity index is 2.73. The van der Waals surface area contributed by atoms with Crippen molar-refractivity contribution in [2.24, 2.45) is 5.16 Å². The van der Waals surface area contributed by atoms with Crippen LogP contribution in [0.3, 0.4) is 0 Å². The first-order valence-corrected chi connectivity index (χ1v) is 2.10. The van der Waals surface area contributed by atoms with E-state index in [0.29, 0.717) is 5.76 Å². The molecule has 1 rings (SSSR count). The highest BCUT2D eigenvalue weighted by Crippen LogP contribution is 2.05. The zero-order valence-corrected chi connectivity index (χ0v) is 4.16. The van der Waals surface area contributed by atoms with Gasteiger partial charge in [0.15, 0.2) is 0 Å². The quantitative estimate of drug-likeness (QED) is 0.372. The second kappa shape index (κ2) is 1.69. The van der Waals surface area contributed by atoms with Gasteiger partial charge in [0.25, 0.3) is 5.90 Å². The summed E-state index contributed by atoms with van der Waals surface area (Å²) < 4.78 is 4.70. The summed E-state index contributed by atoms with van der Waals surface area (Å²) in [5.41, 5.74) is 0. The predicted molar refractivity (Wildman–Crippen MR) is 28.6 cm³/mol. The van der Waals surface area contributed by atoms with Crippen LogP contribution >= 0.6 is 0 Å². The van der Waals surface area contributed by atoms with Gasteiger partial charge in [-0.2, -0.15) is 0 Å². The summed E-state index contributed by atoms with van der Waals surface area (Å²) in [6.45, 7) is 3.45. The van der Waals surface area contributed by atoms with E-state index in [2.05, 4.69) is 11.7 Å². The Bertz CT molecular complexity index is 169. The molecule has 0 aromatic rings. The lowest BCUT2D eigenvalue weighted by Gasteiger charge is -1.90. The molecule has 3 heteroatoms. The molecule has 1 heterocycles. The van der Waals surface area contributed by atoms with Crippen molar-refractivity contribution in [3.8, 4) is 0 Å². The molecule has 0 aromatic heterocycles. The molecule has 0 atom stereocenters. The van der Waals surface area contributed by atoms with Crippen LogP contribution < -0.4 is 0 Å². The Kier molecular flexibility index (Phi) is 1.04. The topological polar surface area (TPSA) is 41.8 Å². The lowest BCUT2D eigenvalue weighted by molar-refractivity contribution is 0.297. The zero-order valence-electron chi connectivity index (χ0n) is 4.16. The molecule has 1 aliphatic rings. The highest BCUT2D eigenvalue weighted by atomic mass is 16.5. The van der Waals surface area contributed by atoms with Gasteiger partial charge in [-0.1, -0.05) is 6.58 Å². The summed E-state index contributed by atoms with van der Waals surface area (Å²) in [5, 5.41) is 10.8. The standard InChI is InChI=1S/C5H5NO2/c1-4-2-3-5(6-7)8-4/h2-3,7H,1H2/b6-5+. The first-order chi connectivity index (χ1) is 3.83. The van der Waals surface area contributed by atoms with Crippen LogP contribution in [0, 0.1) is 0 Å². The predicted octanol–water partition coefficient (Wildman–Crippen LogP) is 0.874. The van der Waals surface area contributed by atoms with Crippen molar-refractivity contribution in [2.75, 3.05) is 0 Å². The summed E-state index contributed by atoms with van der Waals surface area (Å²) in [6.07, 6.45) is 3.15. The molecule has 0 spiro atoms. The first-order valence-electron chi connectivity index (χ1n) is 2.10. The van der Waals surface area contributed by atoms with Gasteiger partial charge >= 0.3 is 0 Å². The van der Waals surface area contributed by atoms with Crippen molar-refractivity contribution < 1.29 is 9.94 Å². The van der Waals surface area contributed by atoms with Gasteiger partial charge in [-0.3, -0.25) is 0 Å². The van der Waals surface area contributed by atoms with Gasteiger partial charge in [0.05, 0.1) is 0 Å². The Morgan fingerprint density at radius 3 is 2.62 bits per heavy atom.